The van der Waals surface area contributed by atoms with Gasteiger partial charge in [0.15, 0.2) is 11.0 Å². The molecule has 1 aromatic heterocycles. The quantitative estimate of drug-likeness (QED) is 0.701. The summed E-state index contributed by atoms with van der Waals surface area (Å²) < 4.78 is 0. The second kappa shape index (κ2) is 3.71. The molecule has 6 heteroatoms. The molecular weight excluding hydrogens is 240 g/mol. The van der Waals surface area contributed by atoms with Gasteiger partial charge in [-0.25, -0.2) is 9.97 Å². The van der Waals surface area contributed by atoms with Crippen LogP contribution in [0, 0.1) is 0 Å². The van der Waals surface area contributed by atoms with E-state index in [2.05, 4.69) is 20.6 Å². The molecule has 0 saturated heterocycles. The van der Waals surface area contributed by atoms with Gasteiger partial charge in [0.2, 0.25) is 0 Å². The molecule has 2 N–H and O–H groups in total. The van der Waals surface area contributed by atoms with Crippen LogP contribution in [0.15, 0.2) is 30.6 Å². The van der Waals surface area contributed by atoms with Crippen molar-refractivity contribution in [3.05, 3.63) is 41.3 Å². The minimum absolute atomic E-state index is 0.212. The molecule has 5 nitrogen and oxygen atoms in total. The van der Waals surface area contributed by atoms with Gasteiger partial charge in [-0.05, 0) is 12.1 Å². The van der Waals surface area contributed by atoms with Crippen molar-refractivity contribution < 1.29 is 4.79 Å². The minimum Gasteiger partial charge on any atom is -0.338 e. The molecule has 2 aromatic rings. The molecular formula is C11H7ClN4O. The summed E-state index contributed by atoms with van der Waals surface area (Å²) in [4.78, 5) is 19.8. The summed E-state index contributed by atoms with van der Waals surface area (Å²) in [5.74, 6) is 0.256. The average Bonchev–Trinajstić information content (AvgIpc) is 2.47. The number of anilines is 3. The zero-order valence-electron chi connectivity index (χ0n) is 8.57. The zero-order chi connectivity index (χ0) is 11.8. The van der Waals surface area contributed by atoms with Gasteiger partial charge in [-0.3, -0.25) is 4.79 Å². The van der Waals surface area contributed by atoms with Gasteiger partial charge in [0, 0.05) is 0 Å². The van der Waals surface area contributed by atoms with Crippen molar-refractivity contribution >= 4 is 34.7 Å². The van der Waals surface area contributed by atoms with E-state index in [1.807, 2.05) is 6.07 Å². The Kier molecular flexibility index (Phi) is 2.19. The van der Waals surface area contributed by atoms with Crippen molar-refractivity contribution in [2.24, 2.45) is 0 Å². The van der Waals surface area contributed by atoms with Gasteiger partial charge in [-0.1, -0.05) is 23.7 Å². The van der Waals surface area contributed by atoms with Gasteiger partial charge in [-0.15, -0.1) is 0 Å². The summed E-state index contributed by atoms with van der Waals surface area (Å²) >= 11 is 5.92. The first-order valence-corrected chi connectivity index (χ1v) is 5.31. The number of hydrogen-bond donors (Lipinski definition) is 2. The lowest BCUT2D eigenvalue weighted by molar-refractivity contribution is 0.102. The normalized spacial score (nSPS) is 12.9. The molecule has 0 saturated carbocycles. The summed E-state index contributed by atoms with van der Waals surface area (Å²) in [5, 5.41) is 5.96. The molecule has 3 rings (SSSR count). The van der Waals surface area contributed by atoms with Crippen molar-refractivity contribution in [2.75, 3.05) is 10.6 Å². The highest BCUT2D eigenvalue weighted by Gasteiger charge is 2.21. The van der Waals surface area contributed by atoms with Crippen molar-refractivity contribution in [1.29, 1.82) is 0 Å². The third-order valence-corrected chi connectivity index (χ3v) is 2.75. The molecule has 0 aliphatic carbocycles. The van der Waals surface area contributed by atoms with E-state index >= 15 is 0 Å². The first-order chi connectivity index (χ1) is 8.25. The van der Waals surface area contributed by atoms with Crippen LogP contribution in [0.3, 0.4) is 0 Å². The van der Waals surface area contributed by atoms with Crippen LogP contribution in [0.4, 0.5) is 17.2 Å². The van der Waals surface area contributed by atoms with Crippen molar-refractivity contribution in [3.8, 4) is 0 Å². The molecule has 0 radical (unpaired) electrons. The molecule has 0 bridgehead atoms. The van der Waals surface area contributed by atoms with Gasteiger partial charge >= 0.3 is 0 Å². The third-order valence-electron chi connectivity index (χ3n) is 2.46. The topological polar surface area (TPSA) is 66.9 Å². The number of nitrogens with zero attached hydrogens (tertiary/aromatic N) is 2. The van der Waals surface area contributed by atoms with Gasteiger partial charge in [-0.2, -0.15) is 0 Å². The summed E-state index contributed by atoms with van der Waals surface area (Å²) in [6.07, 6.45) is 1.34. The molecule has 84 valence electrons. The smallest absolute Gasteiger partial charge is 0.257 e. The SMILES string of the molecule is O=C1Nc2c(Cl)ncnc2Nc2ccccc21. The summed E-state index contributed by atoms with van der Waals surface area (Å²) in [6, 6.07) is 7.17. The van der Waals surface area contributed by atoms with Crippen LogP contribution in [-0.2, 0) is 0 Å². The number of aromatic nitrogens is 2. The highest BCUT2D eigenvalue weighted by atomic mass is 35.5. The number of benzene rings is 1. The number of amides is 1. The van der Waals surface area contributed by atoms with Crippen molar-refractivity contribution in [1.82, 2.24) is 9.97 Å². The van der Waals surface area contributed by atoms with Gasteiger partial charge in [0.1, 0.15) is 12.0 Å². The standard InChI is InChI=1S/C11H7ClN4O/c12-9-8-10(14-5-13-9)15-7-4-2-1-3-6(7)11(17)16-8/h1-5H,(H,16,17)(H,13,14,15). The minimum atomic E-state index is -0.233. The summed E-state index contributed by atoms with van der Waals surface area (Å²) in [5.41, 5.74) is 1.63. The van der Waals surface area contributed by atoms with Crippen LogP contribution in [-0.4, -0.2) is 15.9 Å². The maximum Gasteiger partial charge on any atom is 0.257 e. The number of fused-ring (bicyclic) bond motifs is 2. The fraction of sp³-hybridized carbons (Fsp3) is 0. The number of halogens is 1. The second-order valence-electron chi connectivity index (χ2n) is 3.51. The maximum atomic E-state index is 12.0. The predicted molar refractivity (Wildman–Crippen MR) is 64.7 cm³/mol. The lowest BCUT2D eigenvalue weighted by atomic mass is 10.1. The third kappa shape index (κ3) is 1.60. The molecule has 1 amide bonds. The van der Waals surface area contributed by atoms with Crippen molar-refractivity contribution in [3.63, 3.8) is 0 Å². The Morgan fingerprint density at radius 3 is 2.82 bits per heavy atom. The number of carbonyl (C=O) groups is 1. The highest BCUT2D eigenvalue weighted by Crippen LogP contribution is 2.33. The monoisotopic (exact) mass is 246 g/mol. The number of nitrogens with one attached hydrogen (secondary N) is 2. The Bertz CT molecular complexity index is 614. The van der Waals surface area contributed by atoms with Crippen LogP contribution in [0.2, 0.25) is 5.15 Å². The molecule has 17 heavy (non-hydrogen) atoms. The van der Waals surface area contributed by atoms with Crippen LogP contribution >= 0.6 is 11.6 Å². The fourth-order valence-electron chi connectivity index (χ4n) is 1.67. The number of para-hydroxylation sites is 1. The fourth-order valence-corrected chi connectivity index (χ4v) is 1.85. The molecule has 1 aromatic carbocycles. The largest absolute Gasteiger partial charge is 0.338 e. The van der Waals surface area contributed by atoms with E-state index in [0.717, 1.165) is 0 Å². The molecule has 0 fully saturated rings. The van der Waals surface area contributed by atoms with E-state index in [1.165, 1.54) is 6.33 Å². The lowest BCUT2D eigenvalue weighted by Gasteiger charge is -2.06. The van der Waals surface area contributed by atoms with Gasteiger partial charge < -0.3 is 10.6 Å². The van der Waals surface area contributed by atoms with E-state index < -0.39 is 0 Å². The van der Waals surface area contributed by atoms with Gasteiger partial charge in [0.25, 0.3) is 5.91 Å². The number of hydrogen-bond acceptors (Lipinski definition) is 4. The van der Waals surface area contributed by atoms with E-state index in [-0.39, 0.29) is 11.1 Å². The predicted octanol–water partition coefficient (Wildman–Crippen LogP) is 2.44. The zero-order valence-corrected chi connectivity index (χ0v) is 9.32. The van der Waals surface area contributed by atoms with E-state index in [0.29, 0.717) is 22.8 Å². The van der Waals surface area contributed by atoms with E-state index in [4.69, 9.17) is 11.6 Å². The first kappa shape index (κ1) is 10.0. The average molecular weight is 247 g/mol. The second-order valence-corrected chi connectivity index (χ2v) is 3.87. The Labute approximate surface area is 102 Å². The van der Waals surface area contributed by atoms with E-state index in [9.17, 15) is 4.79 Å². The molecule has 1 aliphatic rings. The first-order valence-electron chi connectivity index (χ1n) is 4.93. The van der Waals surface area contributed by atoms with Crippen molar-refractivity contribution in [2.45, 2.75) is 0 Å². The molecule has 1 aliphatic heterocycles. The molecule has 2 heterocycles. The van der Waals surface area contributed by atoms with Crippen LogP contribution < -0.4 is 10.6 Å². The van der Waals surface area contributed by atoms with E-state index in [1.54, 1.807) is 18.2 Å². The van der Waals surface area contributed by atoms with Crippen LogP contribution in [0.25, 0.3) is 0 Å². The summed E-state index contributed by atoms with van der Waals surface area (Å²) in [6.45, 7) is 0. The Morgan fingerprint density at radius 1 is 1.12 bits per heavy atom. The maximum absolute atomic E-state index is 12.0. The summed E-state index contributed by atoms with van der Waals surface area (Å²) in [7, 11) is 0. The Morgan fingerprint density at radius 2 is 1.94 bits per heavy atom. The number of carbonyl (C=O) groups excluding carboxylic acids is 1. The molecule has 0 spiro atoms. The Balaban J connectivity index is 2.20. The highest BCUT2D eigenvalue weighted by molar-refractivity contribution is 6.33. The molecule has 0 unspecified atom stereocenters. The number of rotatable bonds is 0. The van der Waals surface area contributed by atoms with Crippen LogP contribution in [0.1, 0.15) is 10.4 Å². The van der Waals surface area contributed by atoms with Gasteiger partial charge in [0.05, 0.1) is 11.3 Å². The van der Waals surface area contributed by atoms with Crippen LogP contribution in [0.5, 0.6) is 0 Å². The lowest BCUT2D eigenvalue weighted by Crippen LogP contribution is -2.11. The Hall–Kier alpha value is -2.14. The molecule has 0 atom stereocenters.